The van der Waals surface area contributed by atoms with E-state index in [1.807, 2.05) is 0 Å². The van der Waals surface area contributed by atoms with E-state index in [-0.39, 0.29) is 24.4 Å². The van der Waals surface area contributed by atoms with E-state index in [1.165, 1.54) is 0 Å². The topological polar surface area (TPSA) is 104 Å². The third-order valence-corrected chi connectivity index (χ3v) is 3.80. The molecule has 0 fully saturated rings. The predicted octanol–water partition coefficient (Wildman–Crippen LogP) is 3.38. The molecule has 1 unspecified atom stereocenters. The Morgan fingerprint density at radius 3 is 2.12 bits per heavy atom. The molecule has 0 radical (unpaired) electrons. The molecule has 6 nitrogen and oxygen atoms in total. The van der Waals surface area contributed by atoms with Gasteiger partial charge in [0.25, 0.3) is 0 Å². The third kappa shape index (κ3) is 5.44. The largest absolute Gasteiger partial charge is 0.504 e. The van der Waals surface area contributed by atoms with E-state index in [9.17, 15) is 24.9 Å². The molecular weight excluding hydrogens is 312 g/mol. The Morgan fingerprint density at radius 2 is 1.58 bits per heavy atom. The minimum absolute atomic E-state index is 0.111. The number of ether oxygens (including phenoxy) is 1. The summed E-state index contributed by atoms with van der Waals surface area (Å²) in [7, 11) is 0. The van der Waals surface area contributed by atoms with Gasteiger partial charge in [0.05, 0.1) is 6.61 Å². The average Bonchev–Trinajstić information content (AvgIpc) is 2.52. The van der Waals surface area contributed by atoms with Gasteiger partial charge in [-0.25, -0.2) is 0 Å². The summed E-state index contributed by atoms with van der Waals surface area (Å²) in [6.45, 7) is 3.86. The van der Waals surface area contributed by atoms with Gasteiger partial charge < -0.3 is 20.1 Å². The SMILES string of the molecule is CCCCCCCC(=O)C(C(=O)OCC)c1cc(O)c(O)c(O)c1. The zero-order chi connectivity index (χ0) is 18.1. The first-order chi connectivity index (χ1) is 11.4. The number of carbonyl (C=O) groups is 2. The van der Waals surface area contributed by atoms with Crippen LogP contribution in [0.15, 0.2) is 12.1 Å². The second-order valence-electron chi connectivity index (χ2n) is 5.72. The number of aromatic hydroxyl groups is 3. The van der Waals surface area contributed by atoms with Gasteiger partial charge in [-0.05, 0) is 31.0 Å². The van der Waals surface area contributed by atoms with Crippen LogP contribution in [0.4, 0.5) is 0 Å². The van der Waals surface area contributed by atoms with E-state index < -0.39 is 29.1 Å². The maximum absolute atomic E-state index is 12.5. The summed E-state index contributed by atoms with van der Waals surface area (Å²) < 4.78 is 4.95. The zero-order valence-electron chi connectivity index (χ0n) is 14.2. The maximum Gasteiger partial charge on any atom is 0.321 e. The number of unbranched alkanes of at least 4 members (excludes halogenated alkanes) is 4. The van der Waals surface area contributed by atoms with Crippen molar-refractivity contribution >= 4 is 11.8 Å². The zero-order valence-corrected chi connectivity index (χ0v) is 14.2. The van der Waals surface area contributed by atoms with E-state index in [2.05, 4.69) is 6.92 Å². The molecule has 0 spiro atoms. The molecule has 0 heterocycles. The molecule has 0 aromatic heterocycles. The highest BCUT2D eigenvalue weighted by molar-refractivity contribution is 6.04. The van der Waals surface area contributed by atoms with Crippen molar-refractivity contribution in [2.75, 3.05) is 6.61 Å². The molecule has 0 saturated heterocycles. The molecule has 0 amide bonds. The second-order valence-corrected chi connectivity index (χ2v) is 5.72. The van der Waals surface area contributed by atoms with Crippen LogP contribution in [0.2, 0.25) is 0 Å². The molecular formula is C18H26O6. The number of ketones is 1. The van der Waals surface area contributed by atoms with Crippen LogP contribution in [-0.2, 0) is 14.3 Å². The molecule has 1 atom stereocenters. The molecule has 134 valence electrons. The molecule has 1 rings (SSSR count). The molecule has 0 aliphatic heterocycles. The summed E-state index contributed by atoms with van der Waals surface area (Å²) in [5.41, 5.74) is 0.111. The van der Waals surface area contributed by atoms with Crippen molar-refractivity contribution in [3.8, 4) is 17.2 Å². The molecule has 0 saturated carbocycles. The molecule has 6 heteroatoms. The molecule has 1 aromatic carbocycles. The third-order valence-electron chi connectivity index (χ3n) is 3.80. The van der Waals surface area contributed by atoms with Crippen molar-refractivity contribution < 1.29 is 29.6 Å². The van der Waals surface area contributed by atoms with Crippen molar-refractivity contribution in [1.29, 1.82) is 0 Å². The number of hydrogen-bond acceptors (Lipinski definition) is 6. The van der Waals surface area contributed by atoms with Gasteiger partial charge in [0, 0.05) is 6.42 Å². The number of benzene rings is 1. The highest BCUT2D eigenvalue weighted by Gasteiger charge is 2.30. The second kappa shape index (κ2) is 9.80. The lowest BCUT2D eigenvalue weighted by molar-refractivity contribution is -0.147. The molecule has 0 aliphatic carbocycles. The van der Waals surface area contributed by atoms with Crippen LogP contribution in [0.25, 0.3) is 0 Å². The highest BCUT2D eigenvalue weighted by atomic mass is 16.5. The van der Waals surface area contributed by atoms with E-state index in [1.54, 1.807) is 6.92 Å². The van der Waals surface area contributed by atoms with E-state index in [4.69, 9.17) is 4.74 Å². The Kier molecular flexibility index (Phi) is 8.09. The van der Waals surface area contributed by atoms with Gasteiger partial charge in [0.2, 0.25) is 0 Å². The predicted molar refractivity (Wildman–Crippen MR) is 89.2 cm³/mol. The quantitative estimate of drug-likeness (QED) is 0.261. The fourth-order valence-corrected chi connectivity index (χ4v) is 2.52. The number of phenols is 3. The molecule has 24 heavy (non-hydrogen) atoms. The van der Waals surface area contributed by atoms with Crippen LogP contribution >= 0.6 is 0 Å². The Morgan fingerprint density at radius 1 is 1.00 bits per heavy atom. The van der Waals surface area contributed by atoms with Gasteiger partial charge in [0.15, 0.2) is 23.0 Å². The highest BCUT2D eigenvalue weighted by Crippen LogP contribution is 2.38. The molecule has 0 aliphatic rings. The fraction of sp³-hybridized carbons (Fsp3) is 0.556. The van der Waals surface area contributed by atoms with Crippen LogP contribution in [0, 0.1) is 0 Å². The molecule has 3 N–H and O–H groups in total. The number of hydrogen-bond donors (Lipinski definition) is 3. The van der Waals surface area contributed by atoms with Gasteiger partial charge in [-0.15, -0.1) is 0 Å². The molecule has 1 aromatic rings. The lowest BCUT2D eigenvalue weighted by Gasteiger charge is -2.16. The summed E-state index contributed by atoms with van der Waals surface area (Å²) in [6, 6.07) is 2.21. The smallest absolute Gasteiger partial charge is 0.321 e. The van der Waals surface area contributed by atoms with Gasteiger partial charge in [-0.2, -0.15) is 0 Å². The van der Waals surface area contributed by atoms with Crippen LogP contribution in [0.5, 0.6) is 17.2 Å². The summed E-state index contributed by atoms with van der Waals surface area (Å²) in [5, 5.41) is 28.7. The van der Waals surface area contributed by atoms with Crippen LogP contribution < -0.4 is 0 Å². The van der Waals surface area contributed by atoms with Crippen molar-refractivity contribution in [1.82, 2.24) is 0 Å². The Balaban J connectivity index is 2.92. The van der Waals surface area contributed by atoms with Gasteiger partial charge in [-0.1, -0.05) is 32.6 Å². The lowest BCUT2D eigenvalue weighted by atomic mass is 9.91. The number of carbonyl (C=O) groups excluding carboxylic acids is 2. The Bertz CT molecular complexity index is 544. The summed E-state index contributed by atoms with van der Waals surface area (Å²) in [5.74, 6) is -4.12. The number of rotatable bonds is 10. The van der Waals surface area contributed by atoms with Gasteiger partial charge >= 0.3 is 5.97 Å². The monoisotopic (exact) mass is 338 g/mol. The fourth-order valence-electron chi connectivity index (χ4n) is 2.52. The minimum atomic E-state index is -1.21. The first-order valence-electron chi connectivity index (χ1n) is 8.36. The Labute approximate surface area is 142 Å². The summed E-state index contributed by atoms with van der Waals surface area (Å²) in [6.07, 6.45) is 5.04. The van der Waals surface area contributed by atoms with Crippen molar-refractivity contribution in [3.63, 3.8) is 0 Å². The van der Waals surface area contributed by atoms with E-state index >= 15 is 0 Å². The minimum Gasteiger partial charge on any atom is -0.504 e. The van der Waals surface area contributed by atoms with E-state index in [0.29, 0.717) is 6.42 Å². The lowest BCUT2D eigenvalue weighted by Crippen LogP contribution is -2.24. The van der Waals surface area contributed by atoms with Gasteiger partial charge in [-0.3, -0.25) is 9.59 Å². The first-order valence-corrected chi connectivity index (χ1v) is 8.36. The van der Waals surface area contributed by atoms with Crippen molar-refractivity contribution in [3.05, 3.63) is 17.7 Å². The first kappa shape index (κ1) is 19.8. The number of esters is 1. The van der Waals surface area contributed by atoms with Crippen molar-refractivity contribution in [2.45, 2.75) is 58.3 Å². The van der Waals surface area contributed by atoms with Crippen LogP contribution in [-0.4, -0.2) is 33.7 Å². The van der Waals surface area contributed by atoms with Crippen LogP contribution in [0.3, 0.4) is 0 Å². The Hall–Kier alpha value is -2.24. The summed E-state index contributed by atoms with van der Waals surface area (Å²) in [4.78, 5) is 24.6. The standard InChI is InChI=1S/C18H26O6/c1-3-5-6-7-8-9-13(19)16(18(23)24-4-2)12-10-14(20)17(22)15(21)11-12/h10-11,16,20-22H,3-9H2,1-2H3. The van der Waals surface area contributed by atoms with Crippen LogP contribution in [0.1, 0.15) is 63.9 Å². The van der Waals surface area contributed by atoms with E-state index in [0.717, 1.165) is 37.8 Å². The normalized spacial score (nSPS) is 11.9. The molecule has 0 bridgehead atoms. The maximum atomic E-state index is 12.5. The van der Waals surface area contributed by atoms with Crippen molar-refractivity contribution in [2.24, 2.45) is 0 Å². The summed E-state index contributed by atoms with van der Waals surface area (Å²) >= 11 is 0. The number of Topliss-reactive ketones (excluding diaryl/α,β-unsaturated/α-hetero) is 1. The average molecular weight is 338 g/mol. The number of phenolic OH excluding ortho intramolecular Hbond substituents is 3. The van der Waals surface area contributed by atoms with Gasteiger partial charge in [0.1, 0.15) is 5.92 Å².